The molecule has 0 spiro atoms. The molecule has 0 bridgehead atoms. The number of carbonyl (C=O) groups excluding carboxylic acids is 1. The van der Waals surface area contributed by atoms with Crippen LogP contribution in [0.1, 0.15) is 23.6 Å². The van der Waals surface area contributed by atoms with Gasteiger partial charge in [0.1, 0.15) is 0 Å². The van der Waals surface area contributed by atoms with E-state index in [0.29, 0.717) is 12.2 Å². The monoisotopic (exact) mass is 336 g/mol. The van der Waals surface area contributed by atoms with E-state index in [2.05, 4.69) is 5.32 Å². The van der Waals surface area contributed by atoms with Crippen molar-refractivity contribution in [3.05, 3.63) is 65.2 Å². The summed E-state index contributed by atoms with van der Waals surface area (Å²) in [5.41, 5.74) is 1.30. The van der Waals surface area contributed by atoms with Crippen LogP contribution in [-0.2, 0) is 24.1 Å². The van der Waals surface area contributed by atoms with Crippen LogP contribution < -0.4 is 5.32 Å². The molecule has 0 saturated carbocycles. The molecule has 0 aromatic heterocycles. The predicted molar refractivity (Wildman–Crippen MR) is 87.4 cm³/mol. The van der Waals surface area contributed by atoms with Gasteiger partial charge in [0, 0.05) is 25.7 Å². The summed E-state index contributed by atoms with van der Waals surface area (Å²) in [4.78, 5) is 12.8. The van der Waals surface area contributed by atoms with Gasteiger partial charge in [-0.15, -0.1) is 0 Å². The summed E-state index contributed by atoms with van der Waals surface area (Å²) in [5.74, 6) is -0.149. The van der Waals surface area contributed by atoms with Crippen molar-refractivity contribution in [1.29, 1.82) is 0 Å². The van der Waals surface area contributed by atoms with E-state index in [4.69, 9.17) is 0 Å². The Bertz CT molecular complexity index is 696. The maximum absolute atomic E-state index is 13.0. The lowest BCUT2D eigenvalue weighted by atomic mass is 10.1. The van der Waals surface area contributed by atoms with Crippen molar-refractivity contribution in [1.82, 2.24) is 4.90 Å². The average Bonchev–Trinajstić information content (AvgIpc) is 2.48. The number of anilines is 1. The summed E-state index contributed by atoms with van der Waals surface area (Å²) in [7, 11) is 1.77. The Labute approximate surface area is 139 Å². The minimum absolute atomic E-state index is 0.149. The first-order chi connectivity index (χ1) is 11.3. The number of nitrogens with one attached hydrogen (secondary N) is 1. The minimum Gasteiger partial charge on any atom is -0.326 e. The smallest absolute Gasteiger partial charge is 0.326 e. The molecule has 0 aliphatic rings. The van der Waals surface area contributed by atoms with Gasteiger partial charge in [-0.1, -0.05) is 30.3 Å². The molecule has 0 aliphatic carbocycles. The van der Waals surface area contributed by atoms with Crippen LogP contribution >= 0.6 is 0 Å². The summed E-state index contributed by atoms with van der Waals surface area (Å²) in [6.07, 6.45) is -4.35. The van der Waals surface area contributed by atoms with Gasteiger partial charge in [0.2, 0.25) is 5.91 Å². The van der Waals surface area contributed by atoms with Crippen molar-refractivity contribution < 1.29 is 18.0 Å². The number of hydrogen-bond acceptors (Lipinski definition) is 2. The third-order valence-electron chi connectivity index (χ3n) is 3.49. The fourth-order valence-electron chi connectivity index (χ4n) is 2.49. The van der Waals surface area contributed by atoms with E-state index >= 15 is 0 Å². The van der Waals surface area contributed by atoms with Crippen LogP contribution in [0.4, 0.5) is 18.9 Å². The van der Waals surface area contributed by atoms with Gasteiger partial charge in [-0.3, -0.25) is 9.69 Å². The van der Waals surface area contributed by atoms with Crippen LogP contribution in [0.25, 0.3) is 0 Å². The zero-order chi connectivity index (χ0) is 17.7. The maximum Gasteiger partial charge on any atom is 0.416 e. The van der Waals surface area contributed by atoms with Gasteiger partial charge in [0.05, 0.1) is 5.56 Å². The highest BCUT2D eigenvalue weighted by Gasteiger charge is 2.32. The molecular formula is C18H19F3N2O. The van der Waals surface area contributed by atoms with Crippen LogP contribution in [0.15, 0.2) is 48.5 Å². The predicted octanol–water partition coefficient (Wildman–Crippen LogP) is 4.30. The Hall–Kier alpha value is -2.34. The van der Waals surface area contributed by atoms with Gasteiger partial charge < -0.3 is 5.32 Å². The fraction of sp³-hybridized carbons (Fsp3) is 0.278. The van der Waals surface area contributed by atoms with Crippen molar-refractivity contribution in [2.24, 2.45) is 0 Å². The van der Waals surface area contributed by atoms with Gasteiger partial charge in [0.15, 0.2) is 0 Å². The highest BCUT2D eigenvalue weighted by atomic mass is 19.4. The van der Waals surface area contributed by atoms with Crippen LogP contribution in [-0.4, -0.2) is 17.9 Å². The largest absolute Gasteiger partial charge is 0.416 e. The fourth-order valence-corrected chi connectivity index (χ4v) is 2.49. The SMILES string of the molecule is CC(=O)Nc1ccc(CN(C)Cc2ccccc2C(F)(F)F)cc1. The first-order valence-corrected chi connectivity index (χ1v) is 7.46. The lowest BCUT2D eigenvalue weighted by Gasteiger charge is -2.20. The van der Waals surface area contributed by atoms with Crippen molar-refractivity contribution in [2.45, 2.75) is 26.2 Å². The number of alkyl halides is 3. The zero-order valence-electron chi connectivity index (χ0n) is 13.5. The molecule has 0 heterocycles. The number of amides is 1. The average molecular weight is 336 g/mol. The lowest BCUT2D eigenvalue weighted by molar-refractivity contribution is -0.138. The number of nitrogens with zero attached hydrogens (tertiary/aromatic N) is 1. The van der Waals surface area contributed by atoms with Gasteiger partial charge in [-0.25, -0.2) is 0 Å². The highest BCUT2D eigenvalue weighted by molar-refractivity contribution is 5.88. The number of rotatable bonds is 5. The summed E-state index contributed by atoms with van der Waals surface area (Å²) in [6, 6.07) is 12.8. The molecule has 1 N–H and O–H groups in total. The normalized spacial score (nSPS) is 11.6. The van der Waals surface area contributed by atoms with Crippen molar-refractivity contribution >= 4 is 11.6 Å². The molecule has 0 saturated heterocycles. The van der Waals surface area contributed by atoms with E-state index in [9.17, 15) is 18.0 Å². The molecule has 3 nitrogen and oxygen atoms in total. The standard InChI is InChI=1S/C18H19F3N2O/c1-13(24)22-16-9-7-14(8-10-16)11-23(2)12-15-5-3-4-6-17(15)18(19,20)21/h3-10H,11-12H2,1-2H3,(H,22,24). The molecule has 0 fully saturated rings. The molecule has 2 aromatic carbocycles. The first-order valence-electron chi connectivity index (χ1n) is 7.46. The Morgan fingerprint density at radius 1 is 1.04 bits per heavy atom. The van der Waals surface area contributed by atoms with E-state index in [1.54, 1.807) is 25.2 Å². The first kappa shape index (κ1) is 18.0. The third kappa shape index (κ3) is 5.09. The number of hydrogen-bond donors (Lipinski definition) is 1. The van der Waals surface area contributed by atoms with E-state index in [-0.39, 0.29) is 18.0 Å². The second kappa shape index (κ2) is 7.49. The molecule has 24 heavy (non-hydrogen) atoms. The van der Waals surface area contributed by atoms with E-state index in [1.807, 2.05) is 17.0 Å². The molecule has 128 valence electrons. The molecule has 0 aliphatic heterocycles. The molecule has 0 radical (unpaired) electrons. The van der Waals surface area contributed by atoms with E-state index in [1.165, 1.54) is 19.1 Å². The van der Waals surface area contributed by atoms with Crippen LogP contribution in [0.5, 0.6) is 0 Å². The van der Waals surface area contributed by atoms with Crippen LogP contribution in [0, 0.1) is 0 Å². The second-order valence-electron chi connectivity index (χ2n) is 5.71. The van der Waals surface area contributed by atoms with Crippen molar-refractivity contribution in [2.75, 3.05) is 12.4 Å². The van der Waals surface area contributed by atoms with Crippen molar-refractivity contribution in [3.63, 3.8) is 0 Å². The summed E-state index contributed by atoms with van der Waals surface area (Å²) in [6.45, 7) is 2.13. The van der Waals surface area contributed by atoms with Gasteiger partial charge >= 0.3 is 6.18 Å². The Kier molecular flexibility index (Phi) is 5.62. The highest BCUT2D eigenvalue weighted by Crippen LogP contribution is 2.32. The van der Waals surface area contributed by atoms with E-state index < -0.39 is 11.7 Å². The number of halogens is 3. The third-order valence-corrected chi connectivity index (χ3v) is 3.49. The summed E-state index contributed by atoms with van der Waals surface area (Å²) < 4.78 is 39.1. The molecule has 0 atom stereocenters. The quantitative estimate of drug-likeness (QED) is 0.883. The van der Waals surface area contributed by atoms with Gasteiger partial charge in [-0.05, 0) is 36.4 Å². The van der Waals surface area contributed by atoms with Crippen LogP contribution in [0.2, 0.25) is 0 Å². The van der Waals surface area contributed by atoms with E-state index in [0.717, 1.165) is 11.6 Å². The Morgan fingerprint density at radius 3 is 2.25 bits per heavy atom. The van der Waals surface area contributed by atoms with Gasteiger partial charge in [-0.2, -0.15) is 13.2 Å². The van der Waals surface area contributed by atoms with Gasteiger partial charge in [0.25, 0.3) is 0 Å². The summed E-state index contributed by atoms with van der Waals surface area (Å²) >= 11 is 0. The molecular weight excluding hydrogens is 317 g/mol. The second-order valence-corrected chi connectivity index (χ2v) is 5.71. The summed E-state index contributed by atoms with van der Waals surface area (Å²) in [5, 5.41) is 2.67. The maximum atomic E-state index is 13.0. The number of carbonyl (C=O) groups is 1. The Balaban J connectivity index is 2.04. The minimum atomic E-state index is -4.35. The number of benzene rings is 2. The van der Waals surface area contributed by atoms with Crippen molar-refractivity contribution in [3.8, 4) is 0 Å². The lowest BCUT2D eigenvalue weighted by Crippen LogP contribution is -2.20. The Morgan fingerprint density at radius 2 is 1.67 bits per heavy atom. The molecule has 6 heteroatoms. The van der Waals surface area contributed by atoms with Crippen LogP contribution in [0.3, 0.4) is 0 Å². The topological polar surface area (TPSA) is 32.3 Å². The molecule has 0 unspecified atom stereocenters. The molecule has 1 amide bonds. The zero-order valence-corrected chi connectivity index (χ0v) is 13.5. The molecule has 2 rings (SSSR count). The molecule has 2 aromatic rings.